The molecule has 0 aliphatic carbocycles. The summed E-state index contributed by atoms with van der Waals surface area (Å²) in [6.07, 6.45) is 4.48. The number of thiazole rings is 1. The van der Waals surface area contributed by atoms with Gasteiger partial charge in [-0.25, -0.2) is 9.97 Å². The lowest BCUT2D eigenvalue weighted by Crippen LogP contribution is -2.17. The molecule has 4 nitrogen and oxygen atoms in total. The lowest BCUT2D eigenvalue weighted by Gasteiger charge is -2.10. The van der Waals surface area contributed by atoms with Crippen LogP contribution in [0, 0.1) is 6.92 Å². The first-order chi connectivity index (χ1) is 8.19. The number of nitrogens with zero attached hydrogens (tertiary/aromatic N) is 3. The Morgan fingerprint density at radius 1 is 1.47 bits per heavy atom. The largest absolute Gasteiger partial charge is 0.392 e. The van der Waals surface area contributed by atoms with Gasteiger partial charge in [-0.05, 0) is 13.8 Å². The van der Waals surface area contributed by atoms with Gasteiger partial charge in [-0.15, -0.1) is 11.3 Å². The molecule has 0 saturated heterocycles. The summed E-state index contributed by atoms with van der Waals surface area (Å²) in [5.41, 5.74) is 0.967. The Hall–Kier alpha value is -1.20. The van der Waals surface area contributed by atoms with Crippen LogP contribution in [0.3, 0.4) is 0 Å². The highest BCUT2D eigenvalue weighted by Gasteiger charge is 2.12. The summed E-state index contributed by atoms with van der Waals surface area (Å²) in [4.78, 5) is 8.61. The van der Waals surface area contributed by atoms with Crippen LogP contribution in [-0.2, 0) is 19.4 Å². The van der Waals surface area contributed by atoms with Crippen molar-refractivity contribution in [2.24, 2.45) is 0 Å². The van der Waals surface area contributed by atoms with E-state index in [-0.39, 0.29) is 0 Å². The molecule has 0 aliphatic heterocycles. The second-order valence-corrected chi connectivity index (χ2v) is 5.11. The van der Waals surface area contributed by atoms with Crippen LogP contribution in [0.5, 0.6) is 0 Å². The molecule has 1 atom stereocenters. The van der Waals surface area contributed by atoms with E-state index in [1.165, 1.54) is 0 Å². The van der Waals surface area contributed by atoms with Crippen molar-refractivity contribution in [1.82, 2.24) is 14.5 Å². The minimum Gasteiger partial charge on any atom is -0.392 e. The fourth-order valence-electron chi connectivity index (χ4n) is 1.84. The molecule has 0 saturated carbocycles. The van der Waals surface area contributed by atoms with Crippen LogP contribution in [0.15, 0.2) is 17.8 Å². The summed E-state index contributed by atoms with van der Waals surface area (Å²) in [6.45, 7) is 4.93. The standard InChI is InChI=1S/C12H17N3OS/c1-3-15-5-4-13-12(15)7-11(16)6-10-8-17-9(2)14-10/h4-5,8,11,16H,3,6-7H2,1-2H3. The van der Waals surface area contributed by atoms with Gasteiger partial charge in [0.25, 0.3) is 0 Å². The number of imidazole rings is 1. The maximum absolute atomic E-state index is 10.0. The van der Waals surface area contributed by atoms with E-state index in [0.717, 1.165) is 23.1 Å². The van der Waals surface area contributed by atoms with Crippen LogP contribution in [-0.4, -0.2) is 25.7 Å². The molecule has 1 unspecified atom stereocenters. The van der Waals surface area contributed by atoms with Gasteiger partial charge in [0.2, 0.25) is 0 Å². The van der Waals surface area contributed by atoms with Crippen molar-refractivity contribution in [2.75, 3.05) is 0 Å². The number of hydrogen-bond acceptors (Lipinski definition) is 4. The van der Waals surface area contributed by atoms with E-state index in [0.29, 0.717) is 12.8 Å². The summed E-state index contributed by atoms with van der Waals surface area (Å²) in [7, 11) is 0. The number of rotatable bonds is 5. The molecule has 2 heterocycles. The van der Waals surface area contributed by atoms with E-state index >= 15 is 0 Å². The Balaban J connectivity index is 1.95. The summed E-state index contributed by atoms with van der Waals surface area (Å²) in [6, 6.07) is 0. The Labute approximate surface area is 105 Å². The van der Waals surface area contributed by atoms with Crippen LogP contribution < -0.4 is 0 Å². The van der Waals surface area contributed by atoms with Crippen molar-refractivity contribution >= 4 is 11.3 Å². The first kappa shape index (κ1) is 12.3. The maximum Gasteiger partial charge on any atom is 0.111 e. The first-order valence-corrected chi connectivity index (χ1v) is 6.66. The van der Waals surface area contributed by atoms with Gasteiger partial charge >= 0.3 is 0 Å². The zero-order valence-corrected chi connectivity index (χ0v) is 10.9. The van der Waals surface area contributed by atoms with E-state index in [4.69, 9.17) is 0 Å². The molecule has 0 fully saturated rings. The van der Waals surface area contributed by atoms with Crippen LogP contribution in [0.1, 0.15) is 23.4 Å². The first-order valence-electron chi connectivity index (χ1n) is 5.78. The lowest BCUT2D eigenvalue weighted by molar-refractivity contribution is 0.170. The van der Waals surface area contributed by atoms with Gasteiger partial charge in [-0.1, -0.05) is 0 Å². The fraction of sp³-hybridized carbons (Fsp3) is 0.500. The number of aromatic nitrogens is 3. The third kappa shape index (κ3) is 3.14. The zero-order valence-electron chi connectivity index (χ0n) is 10.1. The van der Waals surface area contributed by atoms with E-state index in [2.05, 4.69) is 21.5 Å². The molecule has 0 radical (unpaired) electrons. The molecule has 1 N–H and O–H groups in total. The average Bonchev–Trinajstić information content (AvgIpc) is 2.87. The van der Waals surface area contributed by atoms with E-state index < -0.39 is 6.10 Å². The quantitative estimate of drug-likeness (QED) is 0.881. The molecule has 0 amide bonds. The van der Waals surface area contributed by atoms with Gasteiger partial charge in [0.15, 0.2) is 0 Å². The summed E-state index contributed by atoms with van der Waals surface area (Å²) < 4.78 is 2.05. The van der Waals surface area contributed by atoms with Crippen molar-refractivity contribution in [3.05, 3.63) is 34.3 Å². The van der Waals surface area contributed by atoms with Gasteiger partial charge in [-0.2, -0.15) is 0 Å². The summed E-state index contributed by atoms with van der Waals surface area (Å²) >= 11 is 1.62. The maximum atomic E-state index is 10.0. The highest BCUT2D eigenvalue weighted by molar-refractivity contribution is 7.09. The molecule has 5 heteroatoms. The Kier molecular flexibility index (Phi) is 3.91. The minimum absolute atomic E-state index is 0.413. The van der Waals surface area contributed by atoms with E-state index in [9.17, 15) is 5.11 Å². The highest BCUT2D eigenvalue weighted by atomic mass is 32.1. The average molecular weight is 251 g/mol. The monoisotopic (exact) mass is 251 g/mol. The lowest BCUT2D eigenvalue weighted by atomic mass is 10.1. The molecule has 2 aromatic heterocycles. The highest BCUT2D eigenvalue weighted by Crippen LogP contribution is 2.12. The number of aliphatic hydroxyl groups is 1. The van der Waals surface area contributed by atoms with E-state index in [1.807, 2.05) is 18.5 Å². The van der Waals surface area contributed by atoms with Crippen molar-refractivity contribution in [2.45, 2.75) is 39.3 Å². The normalized spacial score (nSPS) is 12.9. The predicted molar refractivity (Wildman–Crippen MR) is 68.2 cm³/mol. The molecular formula is C12H17N3OS. The SMILES string of the molecule is CCn1ccnc1CC(O)Cc1csc(C)n1. The van der Waals surface area contributed by atoms with Gasteiger partial charge in [0.1, 0.15) is 5.82 Å². The Morgan fingerprint density at radius 3 is 2.94 bits per heavy atom. The summed E-state index contributed by atoms with van der Waals surface area (Å²) in [5.74, 6) is 0.937. The van der Waals surface area contributed by atoms with Gasteiger partial charge in [0.05, 0.1) is 16.8 Å². The third-order valence-electron chi connectivity index (χ3n) is 2.67. The number of hydrogen-bond donors (Lipinski definition) is 1. The molecule has 17 heavy (non-hydrogen) atoms. The number of aliphatic hydroxyl groups excluding tert-OH is 1. The zero-order chi connectivity index (χ0) is 12.3. The van der Waals surface area contributed by atoms with Crippen LogP contribution in [0.2, 0.25) is 0 Å². The molecule has 0 aromatic carbocycles. The molecule has 2 aromatic rings. The van der Waals surface area contributed by atoms with Crippen molar-refractivity contribution in [3.8, 4) is 0 Å². The summed E-state index contributed by atoms with van der Waals surface area (Å²) in [5, 5.41) is 13.1. The van der Waals surface area contributed by atoms with Gasteiger partial charge < -0.3 is 9.67 Å². The van der Waals surface area contributed by atoms with Crippen molar-refractivity contribution in [1.29, 1.82) is 0 Å². The Morgan fingerprint density at radius 2 is 2.29 bits per heavy atom. The Bertz CT molecular complexity index is 478. The molecule has 0 bridgehead atoms. The topological polar surface area (TPSA) is 50.9 Å². The molecule has 2 rings (SSSR count). The molecule has 0 aliphatic rings. The third-order valence-corrected chi connectivity index (χ3v) is 3.49. The van der Waals surface area contributed by atoms with Crippen LogP contribution in [0.4, 0.5) is 0 Å². The molecule has 92 valence electrons. The van der Waals surface area contributed by atoms with Gasteiger partial charge in [-0.3, -0.25) is 0 Å². The minimum atomic E-state index is -0.413. The van der Waals surface area contributed by atoms with Crippen molar-refractivity contribution < 1.29 is 5.11 Å². The second-order valence-electron chi connectivity index (χ2n) is 4.05. The molecule has 0 spiro atoms. The van der Waals surface area contributed by atoms with Gasteiger partial charge in [0, 0.05) is 37.2 Å². The number of aryl methyl sites for hydroxylation is 2. The van der Waals surface area contributed by atoms with Crippen molar-refractivity contribution in [3.63, 3.8) is 0 Å². The molecular weight excluding hydrogens is 234 g/mol. The second kappa shape index (κ2) is 5.42. The predicted octanol–water partition coefficient (Wildman–Crippen LogP) is 1.81. The van der Waals surface area contributed by atoms with Crippen LogP contribution >= 0.6 is 11.3 Å². The van der Waals surface area contributed by atoms with E-state index in [1.54, 1.807) is 17.5 Å². The smallest absolute Gasteiger partial charge is 0.111 e. The fourth-order valence-corrected chi connectivity index (χ4v) is 2.47. The van der Waals surface area contributed by atoms with Crippen LogP contribution in [0.25, 0.3) is 0 Å².